The molecule has 0 spiro atoms. The number of fused-ring (bicyclic) bond motifs is 1. The van der Waals surface area contributed by atoms with E-state index in [0.29, 0.717) is 17.5 Å². The van der Waals surface area contributed by atoms with E-state index in [2.05, 4.69) is 0 Å². The number of piperidine rings is 1. The molecule has 1 amide bonds. The van der Waals surface area contributed by atoms with Crippen molar-refractivity contribution >= 4 is 12.0 Å². The highest BCUT2D eigenvalue weighted by Crippen LogP contribution is 2.35. The van der Waals surface area contributed by atoms with E-state index < -0.39 is 0 Å². The third kappa shape index (κ3) is 3.09. The number of amides is 1. The third-order valence-corrected chi connectivity index (χ3v) is 5.40. The average Bonchev–Trinajstić information content (AvgIpc) is 2.61. The molecular weight excluding hydrogens is 306 g/mol. The minimum Gasteiger partial charge on any atom is -0.336 e. The molecule has 1 saturated heterocycles. The third-order valence-electron chi connectivity index (χ3n) is 5.40. The highest BCUT2D eigenvalue weighted by Gasteiger charge is 2.34. The minimum absolute atomic E-state index is 0.0255. The van der Waals surface area contributed by atoms with Gasteiger partial charge in [-0.15, -0.1) is 0 Å². The standard InChI is InChI=1S/C18H25N3O3/c1-19-12-14(17(23)20(2)18(19)24)9-10-16(22)21-11-5-7-13-6-3-4-8-15(13)21/h9-10,12-13,15H,3-8,11H2,1-2H3/b10-9-/t13-,15-/m0/s1. The molecule has 1 aliphatic carbocycles. The van der Waals surface area contributed by atoms with Crippen molar-refractivity contribution in [1.82, 2.24) is 14.0 Å². The van der Waals surface area contributed by atoms with E-state index >= 15 is 0 Å². The zero-order valence-electron chi connectivity index (χ0n) is 14.4. The average molecular weight is 331 g/mol. The van der Waals surface area contributed by atoms with E-state index in [0.717, 1.165) is 24.0 Å². The van der Waals surface area contributed by atoms with Crippen molar-refractivity contribution < 1.29 is 4.79 Å². The van der Waals surface area contributed by atoms with E-state index in [1.807, 2.05) is 4.90 Å². The van der Waals surface area contributed by atoms with Crippen LogP contribution in [-0.4, -0.2) is 32.5 Å². The molecule has 0 aromatic carbocycles. The molecule has 0 radical (unpaired) electrons. The summed E-state index contributed by atoms with van der Waals surface area (Å²) in [6.45, 7) is 0.801. The van der Waals surface area contributed by atoms with Crippen LogP contribution in [0.15, 0.2) is 21.9 Å². The molecule has 1 aromatic heterocycles. The number of nitrogens with zero attached hydrogens (tertiary/aromatic N) is 3. The Hall–Kier alpha value is -2.11. The fraction of sp³-hybridized carbons (Fsp3) is 0.611. The molecule has 2 atom stereocenters. The lowest BCUT2D eigenvalue weighted by molar-refractivity contribution is -0.132. The second-order valence-electron chi connectivity index (χ2n) is 6.96. The summed E-state index contributed by atoms with van der Waals surface area (Å²) < 4.78 is 2.41. The maximum Gasteiger partial charge on any atom is 0.330 e. The van der Waals surface area contributed by atoms with E-state index in [1.54, 1.807) is 7.05 Å². The predicted molar refractivity (Wildman–Crippen MR) is 92.7 cm³/mol. The van der Waals surface area contributed by atoms with Gasteiger partial charge in [0.05, 0.1) is 5.56 Å². The molecule has 1 aliphatic heterocycles. The van der Waals surface area contributed by atoms with Gasteiger partial charge in [0.25, 0.3) is 5.56 Å². The summed E-state index contributed by atoms with van der Waals surface area (Å²) in [6.07, 6.45) is 11.6. The molecule has 0 N–H and O–H groups in total. The Bertz CT molecular complexity index is 773. The van der Waals surface area contributed by atoms with Crippen LogP contribution in [0, 0.1) is 5.92 Å². The molecule has 2 fully saturated rings. The van der Waals surface area contributed by atoms with Crippen molar-refractivity contribution in [3.8, 4) is 0 Å². The lowest BCUT2D eigenvalue weighted by atomic mass is 9.78. The van der Waals surface area contributed by atoms with Gasteiger partial charge < -0.3 is 9.47 Å². The molecular formula is C18H25N3O3. The highest BCUT2D eigenvalue weighted by atomic mass is 16.2. The van der Waals surface area contributed by atoms with Gasteiger partial charge in [-0.25, -0.2) is 4.79 Å². The van der Waals surface area contributed by atoms with E-state index in [-0.39, 0.29) is 17.2 Å². The van der Waals surface area contributed by atoms with Crippen LogP contribution in [0.5, 0.6) is 0 Å². The molecule has 1 aromatic rings. The number of hydrogen-bond donors (Lipinski definition) is 0. The van der Waals surface area contributed by atoms with E-state index in [1.165, 1.54) is 55.6 Å². The molecule has 2 heterocycles. The lowest BCUT2D eigenvalue weighted by Gasteiger charge is -2.43. The van der Waals surface area contributed by atoms with Crippen molar-refractivity contribution in [1.29, 1.82) is 0 Å². The quantitative estimate of drug-likeness (QED) is 0.767. The van der Waals surface area contributed by atoms with Crippen LogP contribution in [0.25, 0.3) is 6.08 Å². The molecule has 6 nitrogen and oxygen atoms in total. The molecule has 0 bridgehead atoms. The lowest BCUT2D eigenvalue weighted by Crippen LogP contribution is -2.49. The Kier molecular flexibility index (Phi) is 4.73. The van der Waals surface area contributed by atoms with Crippen molar-refractivity contribution in [3.63, 3.8) is 0 Å². The zero-order valence-corrected chi connectivity index (χ0v) is 14.4. The molecule has 3 rings (SSSR count). The van der Waals surface area contributed by atoms with Crippen LogP contribution in [0.2, 0.25) is 0 Å². The fourth-order valence-electron chi connectivity index (χ4n) is 4.11. The summed E-state index contributed by atoms with van der Waals surface area (Å²) in [5.41, 5.74) is -0.397. The van der Waals surface area contributed by atoms with Crippen molar-refractivity contribution in [2.45, 2.75) is 44.6 Å². The summed E-state index contributed by atoms with van der Waals surface area (Å²) in [5.74, 6) is 0.609. The maximum atomic E-state index is 12.6. The normalized spacial score (nSPS) is 24.2. The van der Waals surface area contributed by atoms with E-state index in [9.17, 15) is 14.4 Å². The Morgan fingerprint density at radius 1 is 1.12 bits per heavy atom. The Morgan fingerprint density at radius 3 is 2.62 bits per heavy atom. The maximum absolute atomic E-state index is 12.6. The summed E-state index contributed by atoms with van der Waals surface area (Å²) in [4.78, 5) is 38.5. The number of likely N-dealkylation sites (tertiary alicyclic amines) is 1. The van der Waals surface area contributed by atoms with Crippen molar-refractivity contribution in [3.05, 3.63) is 38.7 Å². The van der Waals surface area contributed by atoms with Crippen LogP contribution >= 0.6 is 0 Å². The van der Waals surface area contributed by atoms with Crippen LogP contribution in [0.4, 0.5) is 0 Å². The second-order valence-corrected chi connectivity index (χ2v) is 6.96. The molecule has 0 unspecified atom stereocenters. The van der Waals surface area contributed by atoms with Gasteiger partial charge in [0, 0.05) is 39.0 Å². The van der Waals surface area contributed by atoms with Crippen LogP contribution in [0.3, 0.4) is 0 Å². The summed E-state index contributed by atoms with van der Waals surface area (Å²) in [7, 11) is 3.04. The largest absolute Gasteiger partial charge is 0.336 e. The van der Waals surface area contributed by atoms with E-state index in [4.69, 9.17) is 0 Å². The SMILES string of the molecule is Cn1cc(/C=C\C(=O)N2CCC[C@@H]3CCCC[C@@H]32)c(=O)n(C)c1=O. The van der Waals surface area contributed by atoms with Gasteiger partial charge in [0.1, 0.15) is 0 Å². The summed E-state index contributed by atoms with van der Waals surface area (Å²) in [6, 6.07) is 0.354. The molecule has 1 saturated carbocycles. The zero-order chi connectivity index (χ0) is 17.3. The van der Waals surface area contributed by atoms with Gasteiger partial charge >= 0.3 is 5.69 Å². The summed E-state index contributed by atoms with van der Waals surface area (Å²) >= 11 is 0. The Morgan fingerprint density at radius 2 is 1.83 bits per heavy atom. The van der Waals surface area contributed by atoms with Crippen molar-refractivity contribution in [2.75, 3.05) is 6.54 Å². The van der Waals surface area contributed by atoms with Crippen LogP contribution in [-0.2, 0) is 18.9 Å². The van der Waals surface area contributed by atoms with Gasteiger partial charge in [0.15, 0.2) is 0 Å². The first-order chi connectivity index (χ1) is 11.5. The number of hydrogen-bond acceptors (Lipinski definition) is 3. The smallest absolute Gasteiger partial charge is 0.330 e. The first-order valence-electron chi connectivity index (χ1n) is 8.74. The van der Waals surface area contributed by atoms with Gasteiger partial charge in [-0.3, -0.25) is 14.2 Å². The number of aromatic nitrogens is 2. The fourth-order valence-corrected chi connectivity index (χ4v) is 4.11. The number of rotatable bonds is 2. The molecule has 24 heavy (non-hydrogen) atoms. The molecule has 6 heteroatoms. The molecule has 130 valence electrons. The van der Waals surface area contributed by atoms with Crippen molar-refractivity contribution in [2.24, 2.45) is 20.0 Å². The first-order valence-corrected chi connectivity index (χ1v) is 8.74. The number of carbonyl (C=O) groups is 1. The minimum atomic E-state index is -0.378. The van der Waals surface area contributed by atoms with Gasteiger partial charge in [-0.05, 0) is 37.7 Å². The number of aryl methyl sites for hydroxylation is 1. The van der Waals surface area contributed by atoms with Crippen LogP contribution < -0.4 is 11.2 Å². The van der Waals surface area contributed by atoms with Gasteiger partial charge in [0.2, 0.25) is 5.91 Å². The van der Waals surface area contributed by atoms with Crippen LogP contribution in [0.1, 0.15) is 44.1 Å². The Labute approximate surface area is 141 Å². The highest BCUT2D eigenvalue weighted by molar-refractivity contribution is 5.92. The van der Waals surface area contributed by atoms with Gasteiger partial charge in [-0.1, -0.05) is 12.8 Å². The monoisotopic (exact) mass is 331 g/mol. The predicted octanol–water partition coefficient (Wildman–Crippen LogP) is 1.28. The first kappa shape index (κ1) is 16.7. The second kappa shape index (κ2) is 6.79. The molecule has 2 aliphatic rings. The number of carbonyl (C=O) groups excluding carboxylic acids is 1. The van der Waals surface area contributed by atoms with Gasteiger partial charge in [-0.2, -0.15) is 0 Å². The topological polar surface area (TPSA) is 64.3 Å². The Balaban J connectivity index is 1.80. The summed E-state index contributed by atoms with van der Waals surface area (Å²) in [5, 5.41) is 0.